The van der Waals surface area contributed by atoms with Gasteiger partial charge in [-0.25, -0.2) is 4.39 Å². The number of benzene rings is 1. The van der Waals surface area contributed by atoms with Crippen molar-refractivity contribution in [1.82, 2.24) is 4.98 Å². The first kappa shape index (κ1) is 17.9. The van der Waals surface area contributed by atoms with Crippen molar-refractivity contribution >= 4 is 0 Å². The Hall–Kier alpha value is -1.91. The number of halogens is 4. The Morgan fingerprint density at radius 3 is 2.24 bits per heavy atom. The van der Waals surface area contributed by atoms with Gasteiger partial charge in [0.15, 0.2) is 6.17 Å². The normalized spacial score (nSPS) is 16.0. The van der Waals surface area contributed by atoms with Crippen molar-refractivity contribution < 1.29 is 17.6 Å². The van der Waals surface area contributed by atoms with Gasteiger partial charge < -0.3 is 0 Å². The average Bonchev–Trinajstić information content (AvgIpc) is 2.59. The predicted molar refractivity (Wildman–Crippen MR) is 89.4 cm³/mol. The summed E-state index contributed by atoms with van der Waals surface area (Å²) in [5.41, 5.74) is 2.76. The fraction of sp³-hybridized carbons (Fsp3) is 0.450. The SMILES string of the molecule is CC(C)c1nc2c(cc1C(F)c1ccc(C(F)(F)F)cc1)CCCC2. The van der Waals surface area contributed by atoms with Gasteiger partial charge >= 0.3 is 6.18 Å². The summed E-state index contributed by atoms with van der Waals surface area (Å²) >= 11 is 0. The third-order valence-corrected chi connectivity index (χ3v) is 4.71. The molecule has 0 saturated heterocycles. The number of hydrogen-bond donors (Lipinski definition) is 0. The molecule has 0 bridgehead atoms. The van der Waals surface area contributed by atoms with E-state index in [4.69, 9.17) is 4.98 Å². The van der Waals surface area contributed by atoms with Gasteiger partial charge in [-0.15, -0.1) is 0 Å². The van der Waals surface area contributed by atoms with Gasteiger partial charge in [0.1, 0.15) is 0 Å². The Labute approximate surface area is 145 Å². The molecule has 2 aromatic rings. The lowest BCUT2D eigenvalue weighted by molar-refractivity contribution is -0.137. The molecule has 25 heavy (non-hydrogen) atoms. The van der Waals surface area contributed by atoms with Crippen LogP contribution in [0.3, 0.4) is 0 Å². The molecule has 1 aromatic carbocycles. The number of hydrogen-bond acceptors (Lipinski definition) is 1. The molecule has 1 aromatic heterocycles. The highest BCUT2D eigenvalue weighted by molar-refractivity contribution is 5.40. The monoisotopic (exact) mass is 351 g/mol. The van der Waals surface area contributed by atoms with Gasteiger partial charge in [-0.3, -0.25) is 4.98 Å². The molecule has 0 aliphatic heterocycles. The average molecular weight is 351 g/mol. The fourth-order valence-electron chi connectivity index (χ4n) is 3.35. The maximum absolute atomic E-state index is 15.2. The van der Waals surface area contributed by atoms with Crippen LogP contribution < -0.4 is 0 Å². The van der Waals surface area contributed by atoms with E-state index < -0.39 is 17.9 Å². The maximum Gasteiger partial charge on any atom is 0.416 e. The van der Waals surface area contributed by atoms with E-state index in [0.717, 1.165) is 49.1 Å². The molecule has 0 N–H and O–H groups in total. The summed E-state index contributed by atoms with van der Waals surface area (Å²) < 4.78 is 53.3. The number of fused-ring (bicyclic) bond motifs is 1. The van der Waals surface area contributed by atoms with Crippen molar-refractivity contribution in [2.24, 2.45) is 0 Å². The zero-order valence-electron chi connectivity index (χ0n) is 14.3. The van der Waals surface area contributed by atoms with Gasteiger partial charge in [0.25, 0.3) is 0 Å². The van der Waals surface area contributed by atoms with Crippen LogP contribution in [-0.2, 0) is 19.0 Å². The van der Waals surface area contributed by atoms with Crippen LogP contribution in [0, 0.1) is 0 Å². The Morgan fingerprint density at radius 1 is 1.00 bits per heavy atom. The van der Waals surface area contributed by atoms with Crippen molar-refractivity contribution in [1.29, 1.82) is 0 Å². The number of alkyl halides is 4. The lowest BCUT2D eigenvalue weighted by atomic mass is 9.89. The smallest absolute Gasteiger partial charge is 0.257 e. The summed E-state index contributed by atoms with van der Waals surface area (Å²) in [6.45, 7) is 3.92. The Kier molecular flexibility index (Phi) is 4.85. The van der Waals surface area contributed by atoms with Crippen LogP contribution in [0.5, 0.6) is 0 Å². The molecule has 1 unspecified atom stereocenters. The highest BCUT2D eigenvalue weighted by Crippen LogP contribution is 2.36. The third-order valence-electron chi connectivity index (χ3n) is 4.71. The minimum Gasteiger partial charge on any atom is -0.257 e. The second-order valence-electron chi connectivity index (χ2n) is 6.91. The quantitative estimate of drug-likeness (QED) is 0.603. The highest BCUT2D eigenvalue weighted by Gasteiger charge is 2.31. The van der Waals surface area contributed by atoms with Crippen LogP contribution in [-0.4, -0.2) is 4.98 Å². The second-order valence-corrected chi connectivity index (χ2v) is 6.91. The summed E-state index contributed by atoms with van der Waals surface area (Å²) in [4.78, 5) is 4.70. The van der Waals surface area contributed by atoms with Crippen molar-refractivity contribution in [3.8, 4) is 0 Å². The highest BCUT2D eigenvalue weighted by atomic mass is 19.4. The fourth-order valence-corrected chi connectivity index (χ4v) is 3.35. The first-order chi connectivity index (χ1) is 11.8. The molecule has 0 spiro atoms. The molecule has 5 heteroatoms. The van der Waals surface area contributed by atoms with Gasteiger partial charge in [-0.2, -0.15) is 13.2 Å². The van der Waals surface area contributed by atoms with Crippen molar-refractivity contribution in [2.75, 3.05) is 0 Å². The van der Waals surface area contributed by atoms with E-state index in [1.165, 1.54) is 12.1 Å². The summed E-state index contributed by atoms with van der Waals surface area (Å²) in [6.07, 6.45) is -1.94. The van der Waals surface area contributed by atoms with E-state index in [1.54, 1.807) is 0 Å². The lowest BCUT2D eigenvalue weighted by Crippen LogP contribution is -2.13. The molecular weight excluding hydrogens is 330 g/mol. The van der Waals surface area contributed by atoms with E-state index in [1.807, 2.05) is 19.9 Å². The summed E-state index contributed by atoms with van der Waals surface area (Å²) in [5.74, 6) is 0.0509. The number of pyridine rings is 1. The van der Waals surface area contributed by atoms with Crippen LogP contribution in [0.15, 0.2) is 30.3 Å². The van der Waals surface area contributed by atoms with Gasteiger partial charge in [0.2, 0.25) is 0 Å². The van der Waals surface area contributed by atoms with Crippen LogP contribution >= 0.6 is 0 Å². The minimum atomic E-state index is -4.42. The molecule has 134 valence electrons. The van der Waals surface area contributed by atoms with Crippen LogP contribution in [0.1, 0.15) is 72.4 Å². The van der Waals surface area contributed by atoms with Gasteiger partial charge in [0, 0.05) is 17.0 Å². The summed E-state index contributed by atoms with van der Waals surface area (Å²) in [7, 11) is 0. The van der Waals surface area contributed by atoms with Crippen LogP contribution in [0.4, 0.5) is 17.6 Å². The Balaban J connectivity index is 1.99. The van der Waals surface area contributed by atoms with E-state index >= 15 is 4.39 Å². The molecule has 1 aliphatic rings. The van der Waals surface area contributed by atoms with Crippen LogP contribution in [0.25, 0.3) is 0 Å². The standard InChI is InChI=1S/C20H21F4N/c1-12(2)19-16(11-14-5-3-4-6-17(14)25-19)18(21)13-7-9-15(10-8-13)20(22,23)24/h7-12,18H,3-6H2,1-2H3. The summed E-state index contributed by atoms with van der Waals surface area (Å²) in [5, 5.41) is 0. The van der Waals surface area contributed by atoms with Gasteiger partial charge in [-0.05, 0) is 60.9 Å². The van der Waals surface area contributed by atoms with Crippen molar-refractivity contribution in [3.63, 3.8) is 0 Å². The Morgan fingerprint density at radius 2 is 1.64 bits per heavy atom. The van der Waals surface area contributed by atoms with Crippen molar-refractivity contribution in [3.05, 3.63) is 64.0 Å². The summed E-state index contributed by atoms with van der Waals surface area (Å²) in [6, 6.07) is 6.18. The molecule has 1 aliphatic carbocycles. The molecule has 0 radical (unpaired) electrons. The predicted octanol–water partition coefficient (Wildman–Crippen LogP) is 6.16. The van der Waals surface area contributed by atoms with Crippen LogP contribution in [0.2, 0.25) is 0 Å². The molecule has 3 rings (SSSR count). The molecule has 1 atom stereocenters. The van der Waals surface area contributed by atoms with E-state index in [2.05, 4.69) is 0 Å². The lowest BCUT2D eigenvalue weighted by Gasteiger charge is -2.22. The third kappa shape index (κ3) is 3.70. The van der Waals surface area contributed by atoms with E-state index in [9.17, 15) is 13.2 Å². The number of rotatable bonds is 3. The molecule has 0 amide bonds. The van der Waals surface area contributed by atoms with E-state index in [-0.39, 0.29) is 11.5 Å². The van der Waals surface area contributed by atoms with E-state index in [0.29, 0.717) is 11.3 Å². The first-order valence-corrected chi connectivity index (χ1v) is 8.61. The van der Waals surface area contributed by atoms with Gasteiger partial charge in [0.05, 0.1) is 5.56 Å². The minimum absolute atomic E-state index is 0.0509. The maximum atomic E-state index is 15.2. The molecule has 1 nitrogen and oxygen atoms in total. The second kappa shape index (κ2) is 6.77. The zero-order chi connectivity index (χ0) is 18.2. The number of nitrogens with zero attached hydrogens (tertiary/aromatic N) is 1. The first-order valence-electron chi connectivity index (χ1n) is 8.61. The van der Waals surface area contributed by atoms with Gasteiger partial charge in [-0.1, -0.05) is 26.0 Å². The topological polar surface area (TPSA) is 12.9 Å². The Bertz CT molecular complexity index is 748. The largest absolute Gasteiger partial charge is 0.416 e. The molecule has 0 fully saturated rings. The zero-order valence-corrected chi connectivity index (χ0v) is 14.3. The number of aromatic nitrogens is 1. The molecule has 1 heterocycles. The molecule has 0 saturated carbocycles. The van der Waals surface area contributed by atoms with Crippen molar-refractivity contribution in [2.45, 2.75) is 57.8 Å². The molecular formula is C20H21F4N. The number of aryl methyl sites for hydroxylation is 2.